The van der Waals surface area contributed by atoms with Crippen molar-refractivity contribution in [1.82, 2.24) is 4.57 Å². The fourth-order valence-electron chi connectivity index (χ4n) is 3.68. The molecule has 0 aliphatic rings. The third kappa shape index (κ3) is 4.71. The Balaban J connectivity index is 1.87. The Morgan fingerprint density at radius 1 is 0.941 bits per heavy atom. The van der Waals surface area contributed by atoms with Gasteiger partial charge in [0.05, 0.1) is 17.8 Å². The van der Waals surface area contributed by atoms with Crippen LogP contribution in [0.1, 0.15) is 22.3 Å². The van der Waals surface area contributed by atoms with E-state index in [-0.39, 0.29) is 12.2 Å². The zero-order chi connectivity index (χ0) is 24.3. The van der Waals surface area contributed by atoms with E-state index in [9.17, 15) is 23.2 Å². The maximum Gasteiger partial charge on any atom is 0.417 e. The lowest BCUT2D eigenvalue weighted by molar-refractivity contribution is -0.137. The third-order valence-corrected chi connectivity index (χ3v) is 5.34. The van der Waals surface area contributed by atoms with Crippen LogP contribution >= 0.6 is 0 Å². The molecule has 3 aromatic carbocycles. The number of alkyl halides is 3. The number of hydrogen-bond donors (Lipinski definition) is 0. The van der Waals surface area contributed by atoms with Gasteiger partial charge in [-0.2, -0.15) is 18.4 Å². The molecule has 7 heteroatoms. The minimum absolute atomic E-state index is 0.0170. The van der Waals surface area contributed by atoms with Crippen molar-refractivity contribution in [3.05, 3.63) is 118 Å². The van der Waals surface area contributed by atoms with Crippen LogP contribution in [0.25, 0.3) is 11.3 Å². The predicted octanol–water partition coefficient (Wildman–Crippen LogP) is 6.55. The zero-order valence-corrected chi connectivity index (χ0v) is 18.1. The first-order valence-corrected chi connectivity index (χ1v) is 10.4. The van der Waals surface area contributed by atoms with E-state index in [1.54, 1.807) is 67.6 Å². The van der Waals surface area contributed by atoms with Crippen molar-refractivity contribution in [2.45, 2.75) is 19.6 Å². The number of nitriles is 1. The van der Waals surface area contributed by atoms with Gasteiger partial charge in [0.25, 0.3) is 5.56 Å². The largest absolute Gasteiger partial charge is 0.457 e. The van der Waals surface area contributed by atoms with Gasteiger partial charge in [-0.05, 0) is 60.0 Å². The highest BCUT2D eigenvalue weighted by Crippen LogP contribution is 2.35. The Labute approximate surface area is 194 Å². The first kappa shape index (κ1) is 22.9. The number of ether oxygens (including phenoxy) is 1. The van der Waals surface area contributed by atoms with Crippen LogP contribution < -0.4 is 10.3 Å². The third-order valence-electron chi connectivity index (χ3n) is 5.34. The molecule has 4 aromatic rings. The summed E-state index contributed by atoms with van der Waals surface area (Å²) in [5.74, 6) is 1.16. The van der Waals surface area contributed by atoms with Crippen molar-refractivity contribution in [1.29, 1.82) is 5.26 Å². The highest BCUT2D eigenvalue weighted by molar-refractivity contribution is 5.65. The SMILES string of the molecule is Cc1cc(-c2cc(C(F)(F)F)c(C#N)c(=O)n2Cc2ccccc2)ccc1Oc1ccccc1. The molecule has 4 rings (SSSR count). The quantitative estimate of drug-likeness (QED) is 0.339. The van der Waals surface area contributed by atoms with Crippen LogP contribution in [-0.4, -0.2) is 4.57 Å². The van der Waals surface area contributed by atoms with Gasteiger partial charge in [0.1, 0.15) is 23.1 Å². The molecular weight excluding hydrogens is 441 g/mol. The zero-order valence-electron chi connectivity index (χ0n) is 18.1. The number of para-hydroxylation sites is 1. The van der Waals surface area contributed by atoms with Gasteiger partial charge in [-0.25, -0.2) is 0 Å². The topological polar surface area (TPSA) is 55.0 Å². The van der Waals surface area contributed by atoms with Crippen LogP contribution in [0.4, 0.5) is 13.2 Å². The standard InChI is InChI=1S/C27H19F3N2O2/c1-18-14-20(12-13-25(18)34-21-10-6-3-7-11-21)24-15-23(27(28,29)30)22(16-31)26(33)32(24)17-19-8-4-2-5-9-19/h2-15H,17H2,1H3. The molecule has 0 saturated carbocycles. The Morgan fingerprint density at radius 3 is 2.18 bits per heavy atom. The average molecular weight is 460 g/mol. The fourth-order valence-corrected chi connectivity index (χ4v) is 3.68. The lowest BCUT2D eigenvalue weighted by atomic mass is 10.0. The van der Waals surface area contributed by atoms with Crippen LogP contribution in [0.3, 0.4) is 0 Å². The molecule has 0 fully saturated rings. The number of nitrogens with zero attached hydrogens (tertiary/aromatic N) is 2. The molecule has 0 spiro atoms. The molecule has 0 N–H and O–H groups in total. The van der Waals surface area contributed by atoms with E-state index in [2.05, 4.69) is 0 Å². The monoisotopic (exact) mass is 460 g/mol. The van der Waals surface area contributed by atoms with E-state index in [0.29, 0.717) is 22.6 Å². The summed E-state index contributed by atoms with van der Waals surface area (Å²) in [5, 5.41) is 9.36. The van der Waals surface area contributed by atoms with Gasteiger partial charge in [-0.15, -0.1) is 0 Å². The summed E-state index contributed by atoms with van der Waals surface area (Å²) in [5.41, 5.74) is -1.29. The van der Waals surface area contributed by atoms with Crippen LogP contribution in [0.15, 0.2) is 89.7 Å². The molecule has 0 atom stereocenters. The minimum Gasteiger partial charge on any atom is -0.457 e. The van der Waals surface area contributed by atoms with Crippen molar-refractivity contribution < 1.29 is 17.9 Å². The highest BCUT2D eigenvalue weighted by Gasteiger charge is 2.36. The summed E-state index contributed by atoms with van der Waals surface area (Å²) in [4.78, 5) is 13.1. The van der Waals surface area contributed by atoms with E-state index in [1.807, 2.05) is 18.2 Å². The molecule has 0 amide bonds. The van der Waals surface area contributed by atoms with Crippen molar-refractivity contribution in [3.8, 4) is 28.8 Å². The average Bonchev–Trinajstić information content (AvgIpc) is 2.82. The second-order valence-corrected chi connectivity index (χ2v) is 7.70. The molecule has 170 valence electrons. The van der Waals surface area contributed by atoms with Gasteiger partial charge in [-0.1, -0.05) is 48.5 Å². The van der Waals surface area contributed by atoms with Gasteiger partial charge in [0.2, 0.25) is 0 Å². The molecule has 0 aliphatic heterocycles. The molecule has 0 unspecified atom stereocenters. The molecular formula is C27H19F3N2O2. The van der Waals surface area contributed by atoms with E-state index >= 15 is 0 Å². The van der Waals surface area contributed by atoms with Crippen LogP contribution in [0.2, 0.25) is 0 Å². The van der Waals surface area contributed by atoms with Crippen LogP contribution in [-0.2, 0) is 12.7 Å². The maximum atomic E-state index is 13.7. The van der Waals surface area contributed by atoms with Gasteiger partial charge in [0.15, 0.2) is 0 Å². The number of aromatic nitrogens is 1. The Morgan fingerprint density at radius 2 is 1.59 bits per heavy atom. The highest BCUT2D eigenvalue weighted by atomic mass is 19.4. The second kappa shape index (κ2) is 9.28. The summed E-state index contributed by atoms with van der Waals surface area (Å²) >= 11 is 0. The molecule has 0 radical (unpaired) electrons. The van der Waals surface area contributed by atoms with Crippen molar-refractivity contribution >= 4 is 0 Å². The number of hydrogen-bond acceptors (Lipinski definition) is 3. The van der Waals surface area contributed by atoms with Crippen LogP contribution in [0.5, 0.6) is 11.5 Å². The van der Waals surface area contributed by atoms with Gasteiger partial charge < -0.3 is 9.30 Å². The van der Waals surface area contributed by atoms with E-state index in [4.69, 9.17) is 4.74 Å². The summed E-state index contributed by atoms with van der Waals surface area (Å²) in [7, 11) is 0. The molecule has 0 aliphatic carbocycles. The first-order chi connectivity index (χ1) is 16.3. The first-order valence-electron chi connectivity index (χ1n) is 10.4. The Kier molecular flexibility index (Phi) is 6.24. The molecule has 34 heavy (non-hydrogen) atoms. The summed E-state index contributed by atoms with van der Waals surface area (Å²) < 4.78 is 48.3. The number of benzene rings is 3. The number of aryl methyl sites for hydroxylation is 1. The van der Waals surface area contributed by atoms with Crippen molar-refractivity contribution in [2.75, 3.05) is 0 Å². The Hall–Kier alpha value is -4.31. The smallest absolute Gasteiger partial charge is 0.417 e. The van der Waals surface area contributed by atoms with Crippen molar-refractivity contribution in [3.63, 3.8) is 0 Å². The second-order valence-electron chi connectivity index (χ2n) is 7.70. The molecule has 0 bridgehead atoms. The van der Waals surface area contributed by atoms with Gasteiger partial charge >= 0.3 is 6.18 Å². The molecule has 0 saturated heterocycles. The lowest BCUT2D eigenvalue weighted by Crippen LogP contribution is -2.28. The minimum atomic E-state index is -4.85. The number of halogens is 3. The summed E-state index contributed by atoms with van der Waals surface area (Å²) in [6.07, 6.45) is -4.85. The number of rotatable bonds is 5. The van der Waals surface area contributed by atoms with Crippen LogP contribution in [0, 0.1) is 18.3 Å². The van der Waals surface area contributed by atoms with Gasteiger partial charge in [-0.3, -0.25) is 4.79 Å². The molecule has 4 nitrogen and oxygen atoms in total. The van der Waals surface area contributed by atoms with E-state index in [1.165, 1.54) is 10.6 Å². The Bertz CT molecular complexity index is 1420. The van der Waals surface area contributed by atoms with Crippen molar-refractivity contribution in [2.24, 2.45) is 0 Å². The van der Waals surface area contributed by atoms with E-state index in [0.717, 1.165) is 11.6 Å². The summed E-state index contributed by atoms with van der Waals surface area (Å²) in [6, 6.07) is 25.2. The molecule has 1 aromatic heterocycles. The fraction of sp³-hybridized carbons (Fsp3) is 0.111. The lowest BCUT2D eigenvalue weighted by Gasteiger charge is -2.18. The predicted molar refractivity (Wildman–Crippen MR) is 123 cm³/mol. The molecule has 1 heterocycles. The normalized spacial score (nSPS) is 11.1. The van der Waals surface area contributed by atoms with Gasteiger partial charge in [0, 0.05) is 0 Å². The summed E-state index contributed by atoms with van der Waals surface area (Å²) in [6.45, 7) is 1.79. The number of pyridine rings is 1. The van der Waals surface area contributed by atoms with E-state index < -0.39 is 22.9 Å². The maximum absolute atomic E-state index is 13.7.